The van der Waals surface area contributed by atoms with Crippen LogP contribution in [0.1, 0.15) is 5.56 Å². The number of hydrogen-bond acceptors (Lipinski definition) is 7. The largest absolute Gasteiger partial charge is 0.482 e. The summed E-state index contributed by atoms with van der Waals surface area (Å²) in [6.45, 7) is 0.0983. The summed E-state index contributed by atoms with van der Waals surface area (Å²) in [5.74, 6) is 0.838. The van der Waals surface area contributed by atoms with E-state index in [1.54, 1.807) is 48.5 Å². The van der Waals surface area contributed by atoms with E-state index in [0.717, 1.165) is 22.2 Å². The molecule has 2 aliphatic heterocycles. The average molecular weight is 461 g/mol. The molecule has 2 aromatic rings. The van der Waals surface area contributed by atoms with Crippen molar-refractivity contribution in [3.05, 3.63) is 58.0 Å². The van der Waals surface area contributed by atoms with Gasteiger partial charge in [0.25, 0.3) is 17.1 Å². The van der Waals surface area contributed by atoms with Crippen LogP contribution in [-0.4, -0.2) is 48.4 Å². The second-order valence-electron chi connectivity index (χ2n) is 6.52. The van der Waals surface area contributed by atoms with Gasteiger partial charge in [-0.1, -0.05) is 29.8 Å². The maximum Gasteiger partial charge on any atom is 0.293 e. The highest BCUT2D eigenvalue weighted by Gasteiger charge is 2.34. The zero-order valence-corrected chi connectivity index (χ0v) is 17.7. The van der Waals surface area contributed by atoms with Gasteiger partial charge in [0.05, 0.1) is 9.93 Å². The first-order valence-corrected chi connectivity index (χ1v) is 10.5. The number of rotatable bonds is 7. The fraction of sp³-hybridized carbons (Fsp3) is 0.190. The summed E-state index contributed by atoms with van der Waals surface area (Å²) in [7, 11) is 0. The zero-order valence-electron chi connectivity index (χ0n) is 16.1. The van der Waals surface area contributed by atoms with Gasteiger partial charge in [0.1, 0.15) is 5.75 Å². The van der Waals surface area contributed by atoms with Gasteiger partial charge in [0, 0.05) is 13.1 Å². The first-order valence-electron chi connectivity index (χ1n) is 9.30. The summed E-state index contributed by atoms with van der Waals surface area (Å²) < 4.78 is 15.9. The number of benzene rings is 2. The maximum atomic E-state index is 12.6. The molecule has 4 rings (SSSR count). The molecule has 3 amide bonds. The molecule has 0 aromatic heterocycles. The molecule has 0 unspecified atom stereocenters. The van der Waals surface area contributed by atoms with E-state index < -0.39 is 11.1 Å². The van der Waals surface area contributed by atoms with Crippen LogP contribution in [0.2, 0.25) is 5.02 Å². The Labute approximate surface area is 187 Å². The lowest BCUT2D eigenvalue weighted by Gasteiger charge is -2.13. The van der Waals surface area contributed by atoms with E-state index in [-0.39, 0.29) is 32.4 Å². The minimum Gasteiger partial charge on any atom is -0.482 e. The van der Waals surface area contributed by atoms with Crippen LogP contribution in [0.15, 0.2) is 47.4 Å². The number of ether oxygens (including phenoxy) is 3. The Hall–Kier alpha value is -3.17. The number of para-hydroxylation sites is 1. The van der Waals surface area contributed by atoms with Gasteiger partial charge in [0.2, 0.25) is 6.79 Å². The molecule has 0 bridgehead atoms. The molecule has 2 heterocycles. The van der Waals surface area contributed by atoms with Crippen molar-refractivity contribution in [2.24, 2.45) is 0 Å². The van der Waals surface area contributed by atoms with Crippen LogP contribution < -0.4 is 19.5 Å². The molecule has 0 radical (unpaired) electrons. The van der Waals surface area contributed by atoms with Crippen molar-refractivity contribution in [3.63, 3.8) is 0 Å². The summed E-state index contributed by atoms with van der Waals surface area (Å²) in [6, 6.07) is 12.1. The first kappa shape index (κ1) is 21.1. The third-order valence-corrected chi connectivity index (χ3v) is 5.64. The van der Waals surface area contributed by atoms with Gasteiger partial charge in [-0.15, -0.1) is 0 Å². The Bertz CT molecular complexity index is 1070. The predicted molar refractivity (Wildman–Crippen MR) is 115 cm³/mol. The van der Waals surface area contributed by atoms with Gasteiger partial charge in [-0.3, -0.25) is 19.3 Å². The maximum absolute atomic E-state index is 12.6. The molecule has 0 atom stereocenters. The fourth-order valence-corrected chi connectivity index (χ4v) is 3.97. The first-order chi connectivity index (χ1) is 15.0. The molecule has 0 saturated carbocycles. The van der Waals surface area contributed by atoms with Crippen molar-refractivity contribution in [1.82, 2.24) is 10.2 Å². The number of carbonyl (C=O) groups is 3. The Kier molecular flexibility index (Phi) is 6.34. The normalized spacial score (nSPS) is 16.2. The Morgan fingerprint density at radius 1 is 1.19 bits per heavy atom. The Morgan fingerprint density at radius 3 is 2.84 bits per heavy atom. The number of nitrogens with zero attached hydrogens (tertiary/aromatic N) is 1. The van der Waals surface area contributed by atoms with Crippen LogP contribution in [-0.2, 0) is 9.59 Å². The number of nitrogens with one attached hydrogen (secondary N) is 1. The molecule has 1 fully saturated rings. The highest BCUT2D eigenvalue weighted by molar-refractivity contribution is 8.18. The second kappa shape index (κ2) is 9.32. The van der Waals surface area contributed by atoms with E-state index in [9.17, 15) is 14.4 Å². The molecule has 0 aliphatic carbocycles. The summed E-state index contributed by atoms with van der Waals surface area (Å²) in [5, 5.41) is 2.64. The molecule has 160 valence electrons. The van der Waals surface area contributed by atoms with Crippen LogP contribution >= 0.6 is 23.4 Å². The summed E-state index contributed by atoms with van der Waals surface area (Å²) in [6.07, 6.45) is 1.63. The van der Waals surface area contributed by atoms with Gasteiger partial charge in [-0.2, -0.15) is 0 Å². The molecule has 2 aromatic carbocycles. The van der Waals surface area contributed by atoms with E-state index in [4.69, 9.17) is 25.8 Å². The standard InChI is InChI=1S/C21H17ClN2O6S/c22-14-3-1-2-4-15(14)28-11-19(25)23-7-8-24-20(26)18(31-21(24)27)10-13-5-6-16-17(9-13)30-12-29-16/h1-6,9-10H,7-8,11-12H2,(H,23,25). The van der Waals surface area contributed by atoms with E-state index >= 15 is 0 Å². The van der Waals surface area contributed by atoms with Gasteiger partial charge in [0.15, 0.2) is 18.1 Å². The molecule has 2 aliphatic rings. The van der Waals surface area contributed by atoms with Gasteiger partial charge in [-0.25, -0.2) is 0 Å². The number of fused-ring (bicyclic) bond motifs is 1. The third kappa shape index (κ3) is 4.95. The molecule has 1 N–H and O–H groups in total. The Balaban J connectivity index is 1.28. The fourth-order valence-electron chi connectivity index (χ4n) is 2.91. The molecule has 1 saturated heterocycles. The van der Waals surface area contributed by atoms with Crippen LogP contribution in [0.25, 0.3) is 6.08 Å². The Morgan fingerprint density at radius 2 is 2.00 bits per heavy atom. The topological polar surface area (TPSA) is 94.2 Å². The monoisotopic (exact) mass is 460 g/mol. The lowest BCUT2D eigenvalue weighted by atomic mass is 10.2. The second-order valence-corrected chi connectivity index (χ2v) is 7.92. The number of hydrogen-bond donors (Lipinski definition) is 1. The lowest BCUT2D eigenvalue weighted by Crippen LogP contribution is -2.38. The van der Waals surface area contributed by atoms with Crippen LogP contribution in [0.4, 0.5) is 4.79 Å². The minimum absolute atomic E-state index is 0.0565. The van der Waals surface area contributed by atoms with E-state index in [2.05, 4.69) is 5.32 Å². The highest BCUT2D eigenvalue weighted by atomic mass is 35.5. The number of carbonyl (C=O) groups excluding carboxylic acids is 3. The van der Waals surface area contributed by atoms with Crippen molar-refractivity contribution in [2.45, 2.75) is 0 Å². The summed E-state index contributed by atoms with van der Waals surface area (Å²) in [5.41, 5.74) is 0.722. The van der Waals surface area contributed by atoms with Crippen molar-refractivity contribution in [1.29, 1.82) is 0 Å². The van der Waals surface area contributed by atoms with Gasteiger partial charge >= 0.3 is 0 Å². The molecular formula is C21H17ClN2O6S. The minimum atomic E-state index is -0.408. The third-order valence-electron chi connectivity index (χ3n) is 4.42. The van der Waals surface area contributed by atoms with E-state index in [1.165, 1.54) is 0 Å². The zero-order chi connectivity index (χ0) is 21.8. The van der Waals surface area contributed by atoms with Crippen LogP contribution in [0.5, 0.6) is 17.2 Å². The van der Waals surface area contributed by atoms with E-state index in [0.29, 0.717) is 27.2 Å². The summed E-state index contributed by atoms with van der Waals surface area (Å²) in [4.78, 5) is 38.2. The molecular weight excluding hydrogens is 444 g/mol. The van der Waals surface area contributed by atoms with Gasteiger partial charge < -0.3 is 19.5 Å². The van der Waals surface area contributed by atoms with Gasteiger partial charge in [-0.05, 0) is 47.7 Å². The molecule has 0 spiro atoms. The highest BCUT2D eigenvalue weighted by Crippen LogP contribution is 2.36. The van der Waals surface area contributed by atoms with Crippen molar-refractivity contribution in [3.8, 4) is 17.2 Å². The average Bonchev–Trinajstić information content (AvgIpc) is 3.32. The SMILES string of the molecule is O=C(COc1ccccc1Cl)NCCN1C(=O)SC(=Cc2ccc3c(c2)OCO3)C1=O. The van der Waals surface area contributed by atoms with E-state index in [1.807, 2.05) is 0 Å². The number of imide groups is 1. The summed E-state index contributed by atoms with van der Waals surface area (Å²) >= 11 is 6.82. The lowest BCUT2D eigenvalue weighted by molar-refractivity contribution is -0.125. The number of halogens is 1. The van der Waals surface area contributed by atoms with Crippen molar-refractivity contribution < 1.29 is 28.6 Å². The molecule has 8 nitrogen and oxygen atoms in total. The quantitative estimate of drug-likeness (QED) is 0.633. The molecule has 10 heteroatoms. The van der Waals surface area contributed by atoms with Crippen molar-refractivity contribution in [2.75, 3.05) is 26.5 Å². The smallest absolute Gasteiger partial charge is 0.293 e. The van der Waals surface area contributed by atoms with Crippen LogP contribution in [0, 0.1) is 0 Å². The number of amides is 3. The van der Waals surface area contributed by atoms with Crippen LogP contribution in [0.3, 0.4) is 0 Å². The molecule has 31 heavy (non-hydrogen) atoms. The van der Waals surface area contributed by atoms with Crippen molar-refractivity contribution >= 4 is 46.5 Å². The predicted octanol–water partition coefficient (Wildman–Crippen LogP) is 3.30. The number of thioether (sulfide) groups is 1.